The Morgan fingerprint density at radius 2 is 1.70 bits per heavy atom. The first-order chi connectivity index (χ1) is 16.2. The molecule has 4 rings (SSSR count). The Morgan fingerprint density at radius 3 is 2.42 bits per heavy atom. The van der Waals surface area contributed by atoms with Crippen LogP contribution in [0.4, 0.5) is 5.69 Å². The van der Waals surface area contributed by atoms with Crippen LogP contribution in [0.15, 0.2) is 47.5 Å². The number of nitrogens with zero attached hydrogens (tertiary/aromatic N) is 2. The van der Waals surface area contributed by atoms with Crippen LogP contribution >= 0.6 is 0 Å². The maximum atomic E-state index is 13.4. The van der Waals surface area contributed by atoms with Gasteiger partial charge < -0.3 is 14.4 Å². The van der Waals surface area contributed by atoms with E-state index in [1.54, 1.807) is 14.2 Å². The lowest BCUT2D eigenvalue weighted by Gasteiger charge is -2.27. The predicted molar refractivity (Wildman–Crippen MR) is 134 cm³/mol. The molecule has 0 unspecified atom stereocenters. The summed E-state index contributed by atoms with van der Waals surface area (Å²) in [7, 11) is 3.29. The second kappa shape index (κ2) is 11.4. The molecule has 5 nitrogen and oxygen atoms in total. The van der Waals surface area contributed by atoms with Crippen LogP contribution in [-0.2, 0) is 0 Å². The van der Waals surface area contributed by atoms with Crippen molar-refractivity contribution in [3.63, 3.8) is 0 Å². The smallest absolute Gasteiger partial charge is 0.182 e. The molecule has 0 atom stereocenters. The fraction of sp³-hybridized carbons (Fsp3) is 0.500. The van der Waals surface area contributed by atoms with E-state index in [2.05, 4.69) is 12.1 Å². The number of benzene rings is 2. The van der Waals surface area contributed by atoms with Crippen LogP contribution in [0.5, 0.6) is 11.5 Å². The Bertz CT molecular complexity index is 962. The highest BCUT2D eigenvalue weighted by Gasteiger charge is 2.23. The maximum Gasteiger partial charge on any atom is 0.182 e. The number of ether oxygens (including phenoxy) is 2. The summed E-state index contributed by atoms with van der Waals surface area (Å²) in [4.78, 5) is 20.3. The molecule has 1 heterocycles. The van der Waals surface area contributed by atoms with Gasteiger partial charge in [0.2, 0.25) is 0 Å². The number of amidine groups is 1. The molecule has 0 aromatic heterocycles. The van der Waals surface area contributed by atoms with Crippen molar-refractivity contribution in [3.8, 4) is 11.5 Å². The second-order valence-corrected chi connectivity index (χ2v) is 9.11. The number of ketones is 1. The third-order valence-corrected chi connectivity index (χ3v) is 6.95. The summed E-state index contributed by atoms with van der Waals surface area (Å²) >= 11 is 0. The lowest BCUT2D eigenvalue weighted by atomic mass is 9.84. The van der Waals surface area contributed by atoms with Crippen LogP contribution in [0.2, 0.25) is 0 Å². The van der Waals surface area contributed by atoms with Crippen molar-refractivity contribution >= 4 is 17.3 Å². The van der Waals surface area contributed by atoms with E-state index in [-0.39, 0.29) is 12.3 Å². The third-order valence-electron chi connectivity index (χ3n) is 6.95. The number of rotatable bonds is 7. The fourth-order valence-electron chi connectivity index (χ4n) is 5.01. The lowest BCUT2D eigenvalue weighted by Crippen LogP contribution is -2.36. The summed E-state index contributed by atoms with van der Waals surface area (Å²) in [6.45, 7) is 1.04. The molecular weight excluding hydrogens is 412 g/mol. The first-order valence-corrected chi connectivity index (χ1v) is 12.4. The van der Waals surface area contributed by atoms with Gasteiger partial charge in [-0.05, 0) is 49.3 Å². The van der Waals surface area contributed by atoms with Crippen molar-refractivity contribution in [1.29, 1.82) is 0 Å². The normalized spacial score (nSPS) is 17.1. The highest BCUT2D eigenvalue weighted by atomic mass is 16.5. The van der Waals surface area contributed by atoms with Gasteiger partial charge in [0.25, 0.3) is 0 Å². The van der Waals surface area contributed by atoms with Gasteiger partial charge in [-0.25, -0.2) is 0 Å². The van der Waals surface area contributed by atoms with Crippen LogP contribution < -0.4 is 14.4 Å². The number of carbonyl (C=O) groups is 1. The molecular formula is C28H36N2O3. The zero-order valence-corrected chi connectivity index (χ0v) is 20.0. The molecule has 0 radical (unpaired) electrons. The SMILES string of the molecule is COc1ccc(N(CC(=O)c2ccc(C3CCCCC3)cc2)C2=NCCCCC2)c(OC)c1. The Balaban J connectivity index is 1.58. The van der Waals surface area contributed by atoms with Crippen molar-refractivity contribution in [2.75, 3.05) is 32.2 Å². The van der Waals surface area contributed by atoms with Crippen LogP contribution in [-0.4, -0.2) is 38.9 Å². The van der Waals surface area contributed by atoms with Gasteiger partial charge in [0.05, 0.1) is 26.5 Å². The zero-order chi connectivity index (χ0) is 23.0. The van der Waals surface area contributed by atoms with Crippen molar-refractivity contribution < 1.29 is 14.3 Å². The lowest BCUT2D eigenvalue weighted by molar-refractivity contribution is 0.100. The van der Waals surface area contributed by atoms with Gasteiger partial charge in [-0.15, -0.1) is 0 Å². The summed E-state index contributed by atoms with van der Waals surface area (Å²) < 4.78 is 11.0. The molecule has 2 aromatic rings. The zero-order valence-electron chi connectivity index (χ0n) is 20.0. The summed E-state index contributed by atoms with van der Waals surface area (Å²) in [6, 6.07) is 14.1. The van der Waals surface area contributed by atoms with E-state index in [0.29, 0.717) is 11.7 Å². The molecule has 1 aliphatic heterocycles. The van der Waals surface area contributed by atoms with E-state index in [1.807, 2.05) is 35.2 Å². The third kappa shape index (κ3) is 5.76. The molecule has 0 bridgehead atoms. The van der Waals surface area contributed by atoms with E-state index in [0.717, 1.165) is 55.1 Å². The van der Waals surface area contributed by atoms with Gasteiger partial charge >= 0.3 is 0 Å². The number of hydrogen-bond donors (Lipinski definition) is 0. The van der Waals surface area contributed by atoms with Gasteiger partial charge in [-0.3, -0.25) is 9.79 Å². The van der Waals surface area contributed by atoms with Gasteiger partial charge in [0.1, 0.15) is 17.3 Å². The number of methoxy groups -OCH3 is 2. The second-order valence-electron chi connectivity index (χ2n) is 9.11. The molecule has 5 heteroatoms. The van der Waals surface area contributed by atoms with Gasteiger partial charge in [0.15, 0.2) is 5.78 Å². The summed E-state index contributed by atoms with van der Waals surface area (Å²) in [5, 5.41) is 0. The molecule has 0 spiro atoms. The minimum atomic E-state index is 0.0926. The molecule has 0 saturated heterocycles. The Labute approximate surface area is 197 Å². The number of hydrogen-bond acceptors (Lipinski definition) is 5. The van der Waals surface area contributed by atoms with Crippen LogP contribution in [0.3, 0.4) is 0 Å². The number of carbonyl (C=O) groups excluding carboxylic acids is 1. The van der Waals surface area contributed by atoms with E-state index in [1.165, 1.54) is 37.7 Å². The van der Waals surface area contributed by atoms with E-state index >= 15 is 0 Å². The van der Waals surface area contributed by atoms with E-state index in [9.17, 15) is 4.79 Å². The molecule has 2 aliphatic rings. The fourth-order valence-corrected chi connectivity index (χ4v) is 5.01. The average molecular weight is 449 g/mol. The van der Waals surface area contributed by atoms with Gasteiger partial charge in [-0.2, -0.15) is 0 Å². The van der Waals surface area contributed by atoms with Crippen LogP contribution in [0.25, 0.3) is 0 Å². The van der Waals surface area contributed by atoms with Crippen molar-refractivity contribution in [1.82, 2.24) is 0 Å². The summed E-state index contributed by atoms with van der Waals surface area (Å²) in [5.74, 6) is 3.10. The molecule has 2 aromatic carbocycles. The first kappa shape index (κ1) is 23.3. The maximum absolute atomic E-state index is 13.4. The molecule has 0 N–H and O–H groups in total. The average Bonchev–Trinajstić information content (AvgIpc) is 3.17. The first-order valence-electron chi connectivity index (χ1n) is 12.4. The van der Waals surface area contributed by atoms with E-state index in [4.69, 9.17) is 14.5 Å². The minimum Gasteiger partial charge on any atom is -0.497 e. The van der Waals surface area contributed by atoms with Crippen molar-refractivity contribution in [2.24, 2.45) is 4.99 Å². The molecule has 1 fully saturated rings. The predicted octanol–water partition coefficient (Wildman–Crippen LogP) is 6.41. The van der Waals surface area contributed by atoms with Gasteiger partial charge in [-0.1, -0.05) is 49.9 Å². The Kier molecular flexibility index (Phi) is 8.03. The topological polar surface area (TPSA) is 51.1 Å². The van der Waals surface area contributed by atoms with Gasteiger partial charge in [0, 0.05) is 24.6 Å². The summed E-state index contributed by atoms with van der Waals surface area (Å²) in [5.41, 5.74) is 2.97. The van der Waals surface area contributed by atoms with Crippen molar-refractivity contribution in [2.45, 2.75) is 63.7 Å². The molecule has 0 amide bonds. The van der Waals surface area contributed by atoms with Crippen LogP contribution in [0, 0.1) is 0 Å². The molecule has 176 valence electrons. The largest absolute Gasteiger partial charge is 0.497 e. The standard InChI is InChI=1S/C28H36N2O3/c1-32-24-16-17-25(27(19-24)33-2)30(28-11-7-4-8-18-29-28)20-26(31)23-14-12-22(13-15-23)21-9-5-3-6-10-21/h12-17,19,21H,3-11,18,20H2,1-2H3. The van der Waals surface area contributed by atoms with E-state index < -0.39 is 0 Å². The summed E-state index contributed by atoms with van der Waals surface area (Å²) in [6.07, 6.45) is 10.7. The number of anilines is 1. The molecule has 1 saturated carbocycles. The highest BCUT2D eigenvalue weighted by molar-refractivity contribution is 6.08. The molecule has 33 heavy (non-hydrogen) atoms. The van der Waals surface area contributed by atoms with Crippen molar-refractivity contribution in [3.05, 3.63) is 53.6 Å². The quantitative estimate of drug-likeness (QED) is 0.459. The Morgan fingerprint density at radius 1 is 0.939 bits per heavy atom. The Hall–Kier alpha value is -2.82. The van der Waals surface area contributed by atoms with Crippen LogP contribution in [0.1, 0.15) is 79.6 Å². The molecule has 1 aliphatic carbocycles. The monoisotopic (exact) mass is 448 g/mol. The minimum absolute atomic E-state index is 0.0926. The number of aliphatic imine (C=N–C) groups is 1. The highest BCUT2D eigenvalue weighted by Crippen LogP contribution is 2.35. The number of Topliss-reactive ketones (excluding diaryl/α,β-unsaturated/α-hetero) is 1.